The van der Waals surface area contributed by atoms with Crippen LogP contribution >= 0.6 is 15.9 Å². The predicted octanol–water partition coefficient (Wildman–Crippen LogP) is 4.55. The number of anilines is 1. The van der Waals surface area contributed by atoms with E-state index in [-0.39, 0.29) is 5.69 Å². The van der Waals surface area contributed by atoms with Gasteiger partial charge in [-0.2, -0.15) is 5.10 Å². The van der Waals surface area contributed by atoms with Crippen LogP contribution in [-0.2, 0) is 6.42 Å². The van der Waals surface area contributed by atoms with Gasteiger partial charge in [-0.25, -0.2) is 13.5 Å². The Bertz CT molecular complexity index is 905. The van der Waals surface area contributed by atoms with E-state index >= 15 is 0 Å². The van der Waals surface area contributed by atoms with E-state index in [1.807, 2.05) is 24.3 Å². The van der Waals surface area contributed by atoms with Crippen molar-refractivity contribution in [1.82, 2.24) is 9.78 Å². The summed E-state index contributed by atoms with van der Waals surface area (Å²) in [6.45, 7) is 0.771. The van der Waals surface area contributed by atoms with Crippen molar-refractivity contribution in [3.63, 3.8) is 0 Å². The van der Waals surface area contributed by atoms with Crippen LogP contribution in [0.1, 0.15) is 5.56 Å². The molecule has 1 aliphatic rings. The zero-order chi connectivity index (χ0) is 16.0. The summed E-state index contributed by atoms with van der Waals surface area (Å²) in [6.07, 6.45) is 0.814. The van der Waals surface area contributed by atoms with Crippen molar-refractivity contribution >= 4 is 21.7 Å². The lowest BCUT2D eigenvalue weighted by Gasteiger charge is -2.07. The summed E-state index contributed by atoms with van der Waals surface area (Å²) in [7, 11) is 0. The molecule has 6 heteroatoms. The van der Waals surface area contributed by atoms with Crippen LogP contribution in [0.4, 0.5) is 14.6 Å². The lowest BCUT2D eigenvalue weighted by atomic mass is 10.1. The van der Waals surface area contributed by atoms with Crippen LogP contribution in [0.25, 0.3) is 16.9 Å². The molecule has 2 aromatic carbocycles. The van der Waals surface area contributed by atoms with Crippen LogP contribution in [0.15, 0.2) is 46.9 Å². The molecule has 4 rings (SSSR count). The summed E-state index contributed by atoms with van der Waals surface area (Å²) < 4.78 is 29.8. The molecule has 0 fully saturated rings. The number of nitrogens with zero attached hydrogens (tertiary/aromatic N) is 2. The summed E-state index contributed by atoms with van der Waals surface area (Å²) in [5.41, 5.74) is 3.03. The Morgan fingerprint density at radius 2 is 1.96 bits per heavy atom. The van der Waals surface area contributed by atoms with Gasteiger partial charge in [0.05, 0.1) is 5.69 Å². The quantitative estimate of drug-likeness (QED) is 0.711. The summed E-state index contributed by atoms with van der Waals surface area (Å²) in [4.78, 5) is 0. The lowest BCUT2D eigenvalue weighted by molar-refractivity contribution is 0.574. The molecule has 0 aliphatic carbocycles. The van der Waals surface area contributed by atoms with Crippen LogP contribution in [-0.4, -0.2) is 16.3 Å². The molecule has 2 heterocycles. The normalized spacial score (nSPS) is 13.0. The second kappa shape index (κ2) is 5.45. The molecule has 0 saturated carbocycles. The predicted molar refractivity (Wildman–Crippen MR) is 88.8 cm³/mol. The SMILES string of the molecule is Fc1ccc(-n2nc(-c3ccccc3Br)c3c2NCC3)c(F)c1. The Labute approximate surface area is 140 Å². The van der Waals surface area contributed by atoms with E-state index in [9.17, 15) is 8.78 Å². The Morgan fingerprint density at radius 1 is 1.13 bits per heavy atom. The maximum absolute atomic E-state index is 14.2. The topological polar surface area (TPSA) is 29.9 Å². The second-order valence-electron chi connectivity index (χ2n) is 5.34. The Balaban J connectivity index is 1.94. The van der Waals surface area contributed by atoms with Gasteiger partial charge in [-0.05, 0) is 24.6 Å². The molecule has 0 bridgehead atoms. The van der Waals surface area contributed by atoms with Crippen LogP contribution < -0.4 is 5.32 Å². The van der Waals surface area contributed by atoms with Gasteiger partial charge in [-0.15, -0.1) is 0 Å². The third-order valence-corrected chi connectivity index (χ3v) is 4.61. The lowest BCUT2D eigenvalue weighted by Crippen LogP contribution is -2.06. The first-order valence-corrected chi connectivity index (χ1v) is 8.00. The van der Waals surface area contributed by atoms with Crippen molar-refractivity contribution in [2.75, 3.05) is 11.9 Å². The van der Waals surface area contributed by atoms with Gasteiger partial charge in [0.1, 0.15) is 17.3 Å². The van der Waals surface area contributed by atoms with E-state index in [2.05, 4.69) is 26.3 Å². The largest absolute Gasteiger partial charge is 0.369 e. The highest BCUT2D eigenvalue weighted by atomic mass is 79.9. The average molecular weight is 376 g/mol. The van der Waals surface area contributed by atoms with Gasteiger partial charge in [0.2, 0.25) is 0 Å². The monoisotopic (exact) mass is 375 g/mol. The van der Waals surface area contributed by atoms with E-state index in [0.29, 0.717) is 0 Å². The van der Waals surface area contributed by atoms with Gasteiger partial charge in [0, 0.05) is 28.2 Å². The van der Waals surface area contributed by atoms with Crippen molar-refractivity contribution in [3.05, 3.63) is 64.1 Å². The molecule has 0 radical (unpaired) electrons. The first-order valence-electron chi connectivity index (χ1n) is 7.21. The summed E-state index contributed by atoms with van der Waals surface area (Å²) in [5.74, 6) is -0.474. The number of rotatable bonds is 2. The van der Waals surface area contributed by atoms with Crippen LogP contribution in [0.3, 0.4) is 0 Å². The summed E-state index contributed by atoms with van der Waals surface area (Å²) in [5, 5.41) is 7.83. The second-order valence-corrected chi connectivity index (χ2v) is 6.19. The molecule has 23 heavy (non-hydrogen) atoms. The van der Waals surface area contributed by atoms with Gasteiger partial charge in [0.15, 0.2) is 5.82 Å². The fraction of sp³-hybridized carbons (Fsp3) is 0.118. The van der Waals surface area contributed by atoms with Gasteiger partial charge >= 0.3 is 0 Å². The minimum atomic E-state index is -0.636. The number of fused-ring (bicyclic) bond motifs is 1. The number of benzene rings is 2. The number of nitrogens with one attached hydrogen (secondary N) is 1. The molecule has 3 aromatic rings. The zero-order valence-corrected chi connectivity index (χ0v) is 13.6. The number of halogens is 3. The molecule has 116 valence electrons. The molecule has 0 atom stereocenters. The number of aromatic nitrogens is 2. The minimum absolute atomic E-state index is 0.232. The fourth-order valence-corrected chi connectivity index (χ4v) is 3.34. The highest BCUT2D eigenvalue weighted by Gasteiger charge is 2.25. The number of hydrogen-bond donors (Lipinski definition) is 1. The molecule has 0 spiro atoms. The van der Waals surface area contributed by atoms with Crippen molar-refractivity contribution in [3.8, 4) is 16.9 Å². The molecule has 3 nitrogen and oxygen atoms in total. The fourth-order valence-electron chi connectivity index (χ4n) is 2.87. The third kappa shape index (κ3) is 2.34. The molecule has 0 unspecified atom stereocenters. The van der Waals surface area contributed by atoms with E-state index in [4.69, 9.17) is 0 Å². The van der Waals surface area contributed by atoms with Crippen LogP contribution in [0.2, 0.25) is 0 Å². The van der Waals surface area contributed by atoms with Gasteiger partial charge in [-0.3, -0.25) is 0 Å². The molecule has 1 aromatic heterocycles. The molecule has 1 N–H and O–H groups in total. The summed E-state index contributed by atoms with van der Waals surface area (Å²) in [6, 6.07) is 11.3. The van der Waals surface area contributed by atoms with Crippen molar-refractivity contribution in [2.45, 2.75) is 6.42 Å². The zero-order valence-electron chi connectivity index (χ0n) is 12.0. The highest BCUT2D eigenvalue weighted by Crippen LogP contribution is 2.37. The molecular formula is C17H12BrF2N3. The Hall–Kier alpha value is -2.21. The van der Waals surface area contributed by atoms with E-state index in [1.54, 1.807) is 0 Å². The number of hydrogen-bond acceptors (Lipinski definition) is 2. The Kier molecular flexibility index (Phi) is 3.41. The van der Waals surface area contributed by atoms with Gasteiger partial charge in [-0.1, -0.05) is 34.1 Å². The standard InChI is InChI=1S/C17H12BrF2N3/c18-13-4-2-1-3-11(13)16-12-7-8-21-17(12)23(22-16)15-6-5-10(19)9-14(15)20/h1-6,9,21H,7-8H2. The molecule has 1 aliphatic heterocycles. The highest BCUT2D eigenvalue weighted by molar-refractivity contribution is 9.10. The maximum Gasteiger partial charge on any atom is 0.151 e. The average Bonchev–Trinajstić information content (AvgIpc) is 3.11. The molecular weight excluding hydrogens is 364 g/mol. The third-order valence-electron chi connectivity index (χ3n) is 3.92. The molecule has 0 saturated heterocycles. The molecule has 0 amide bonds. The van der Waals surface area contributed by atoms with Crippen molar-refractivity contribution < 1.29 is 8.78 Å². The van der Waals surface area contributed by atoms with Crippen LogP contribution in [0.5, 0.6) is 0 Å². The maximum atomic E-state index is 14.2. The summed E-state index contributed by atoms with van der Waals surface area (Å²) >= 11 is 3.54. The van der Waals surface area contributed by atoms with Gasteiger partial charge in [0.25, 0.3) is 0 Å². The smallest absolute Gasteiger partial charge is 0.151 e. The van der Waals surface area contributed by atoms with Gasteiger partial charge < -0.3 is 5.32 Å². The van der Waals surface area contributed by atoms with Crippen molar-refractivity contribution in [1.29, 1.82) is 0 Å². The van der Waals surface area contributed by atoms with E-state index < -0.39 is 11.6 Å². The minimum Gasteiger partial charge on any atom is -0.369 e. The van der Waals surface area contributed by atoms with E-state index in [0.717, 1.165) is 46.1 Å². The first-order chi connectivity index (χ1) is 11.1. The van der Waals surface area contributed by atoms with Crippen molar-refractivity contribution in [2.24, 2.45) is 0 Å². The first kappa shape index (κ1) is 14.4. The van der Waals surface area contributed by atoms with Crippen LogP contribution in [0, 0.1) is 11.6 Å². The van der Waals surface area contributed by atoms with E-state index in [1.165, 1.54) is 16.8 Å². The Morgan fingerprint density at radius 3 is 2.74 bits per heavy atom.